The van der Waals surface area contributed by atoms with Crippen molar-refractivity contribution in [2.45, 2.75) is 51.1 Å². The average Bonchev–Trinajstić information content (AvgIpc) is 3.26. The fourth-order valence-corrected chi connectivity index (χ4v) is 5.64. The normalized spacial score (nSPS) is 14.1. The molecule has 0 saturated carbocycles. The number of carboxylic acids is 1. The predicted octanol–water partition coefficient (Wildman–Crippen LogP) is 3.87. The van der Waals surface area contributed by atoms with Gasteiger partial charge in [-0.1, -0.05) is 36.4 Å². The number of rotatable bonds is 13. The number of aliphatic carboxylic acids is 1. The highest BCUT2D eigenvalue weighted by molar-refractivity contribution is 5.84. The summed E-state index contributed by atoms with van der Waals surface area (Å²) in [5.74, 6) is -0.324. The molecule has 4 rings (SSSR count). The summed E-state index contributed by atoms with van der Waals surface area (Å²) in [4.78, 5) is 49.9. The Morgan fingerprint density at radius 2 is 1.71 bits per heavy atom. The number of methoxy groups -OCH3 is 3. The van der Waals surface area contributed by atoms with Crippen LogP contribution in [0.5, 0.6) is 17.2 Å². The molecular weight excluding hydrogens is 578 g/mol. The van der Waals surface area contributed by atoms with Crippen LogP contribution >= 0.6 is 0 Å². The molecule has 11 heteroatoms. The molecule has 1 aliphatic rings. The second-order valence-electron chi connectivity index (χ2n) is 10.8. The van der Waals surface area contributed by atoms with E-state index in [4.69, 9.17) is 14.2 Å². The van der Waals surface area contributed by atoms with E-state index in [2.05, 4.69) is 16.0 Å². The van der Waals surface area contributed by atoms with Crippen molar-refractivity contribution in [3.63, 3.8) is 0 Å². The summed E-state index contributed by atoms with van der Waals surface area (Å²) in [5, 5.41) is 18.3. The fraction of sp³-hybridized carbons (Fsp3) is 0.353. The van der Waals surface area contributed by atoms with E-state index in [0.717, 1.165) is 16.7 Å². The number of hydrogen-bond donors (Lipinski definition) is 4. The Morgan fingerprint density at radius 3 is 2.36 bits per heavy atom. The highest BCUT2D eigenvalue weighted by Crippen LogP contribution is 2.50. The zero-order chi connectivity index (χ0) is 32.5. The molecular formula is C34H39N3O8. The maximum Gasteiger partial charge on any atom is 0.326 e. The first-order valence-electron chi connectivity index (χ1n) is 14.7. The number of carbonyl (C=O) groups excluding carboxylic acids is 2. The Morgan fingerprint density at radius 1 is 0.978 bits per heavy atom. The first-order valence-corrected chi connectivity index (χ1v) is 14.7. The molecule has 45 heavy (non-hydrogen) atoms. The van der Waals surface area contributed by atoms with E-state index < -0.39 is 18.1 Å². The summed E-state index contributed by atoms with van der Waals surface area (Å²) in [6.07, 6.45) is 1.75. The van der Waals surface area contributed by atoms with Gasteiger partial charge in [0.25, 0.3) is 0 Å². The van der Waals surface area contributed by atoms with E-state index in [1.807, 2.05) is 42.5 Å². The molecule has 0 saturated heterocycles. The summed E-state index contributed by atoms with van der Waals surface area (Å²) in [5.41, 5.74) is 3.87. The minimum absolute atomic E-state index is 0.0754. The third kappa shape index (κ3) is 7.91. The maximum absolute atomic E-state index is 13.5. The lowest BCUT2D eigenvalue weighted by Gasteiger charge is -2.19. The van der Waals surface area contributed by atoms with Gasteiger partial charge in [-0.2, -0.15) is 0 Å². The van der Waals surface area contributed by atoms with E-state index in [1.165, 1.54) is 20.1 Å². The van der Waals surface area contributed by atoms with Crippen molar-refractivity contribution < 1.29 is 33.7 Å². The molecule has 0 unspecified atom stereocenters. The minimum Gasteiger partial charge on any atom is -0.493 e. The van der Waals surface area contributed by atoms with Crippen molar-refractivity contribution >= 4 is 23.5 Å². The Bertz CT molecular complexity index is 1610. The lowest BCUT2D eigenvalue weighted by Crippen LogP contribution is -2.42. The number of carboxylic acid groups (broad SMARTS) is 1. The number of carbonyl (C=O) groups is 3. The van der Waals surface area contributed by atoms with E-state index in [9.17, 15) is 24.3 Å². The van der Waals surface area contributed by atoms with Gasteiger partial charge in [0.2, 0.25) is 23.0 Å². The Balaban J connectivity index is 1.55. The van der Waals surface area contributed by atoms with Gasteiger partial charge in [-0.3, -0.25) is 14.4 Å². The van der Waals surface area contributed by atoms with Crippen LogP contribution in [0.1, 0.15) is 48.9 Å². The van der Waals surface area contributed by atoms with Gasteiger partial charge in [0.1, 0.15) is 6.04 Å². The topological polar surface area (TPSA) is 152 Å². The van der Waals surface area contributed by atoms with Crippen molar-refractivity contribution in [1.82, 2.24) is 10.6 Å². The van der Waals surface area contributed by atoms with Crippen molar-refractivity contribution in [2.24, 2.45) is 0 Å². The fourth-order valence-electron chi connectivity index (χ4n) is 5.64. The lowest BCUT2D eigenvalue weighted by atomic mass is 9.95. The SMILES string of the molecule is COc1cc2c(c(OC)c1OC)-c1ccc(NCCCC(=O)N[C@H](Cc3ccccc3)C(=O)O)c(=O)cc1[C@H](NC(C)=O)CC2. The predicted molar refractivity (Wildman–Crippen MR) is 170 cm³/mol. The zero-order valence-electron chi connectivity index (χ0n) is 25.9. The van der Waals surface area contributed by atoms with Gasteiger partial charge in [0, 0.05) is 31.9 Å². The monoisotopic (exact) mass is 617 g/mol. The molecule has 4 N–H and O–H groups in total. The van der Waals surface area contributed by atoms with Crippen LogP contribution in [-0.4, -0.2) is 56.8 Å². The van der Waals surface area contributed by atoms with Crippen LogP contribution in [0, 0.1) is 0 Å². The van der Waals surface area contributed by atoms with Gasteiger partial charge in [-0.25, -0.2) is 4.79 Å². The molecule has 0 aliphatic heterocycles. The summed E-state index contributed by atoms with van der Waals surface area (Å²) >= 11 is 0. The van der Waals surface area contributed by atoms with E-state index in [1.54, 1.807) is 20.3 Å². The first-order chi connectivity index (χ1) is 21.7. The third-order valence-electron chi connectivity index (χ3n) is 7.73. The van der Waals surface area contributed by atoms with Crippen molar-refractivity contribution in [3.8, 4) is 28.4 Å². The molecule has 3 aromatic carbocycles. The molecule has 1 aliphatic carbocycles. The number of ether oxygens (including phenoxy) is 3. The molecule has 0 aromatic heterocycles. The van der Waals surface area contributed by atoms with Gasteiger partial charge in [0.15, 0.2) is 11.5 Å². The Labute approximate surface area is 261 Å². The number of aryl methyl sites for hydroxylation is 1. The quantitative estimate of drug-likeness (QED) is 0.210. The lowest BCUT2D eigenvalue weighted by molar-refractivity contribution is -0.141. The second kappa shape index (κ2) is 15.1. The molecule has 2 amide bonds. The first kappa shape index (κ1) is 32.8. The molecule has 0 bridgehead atoms. The van der Waals surface area contributed by atoms with Crippen LogP contribution in [0.3, 0.4) is 0 Å². The maximum atomic E-state index is 13.5. The zero-order valence-corrected chi connectivity index (χ0v) is 25.9. The van der Waals surface area contributed by atoms with Crippen LogP contribution in [0.4, 0.5) is 5.69 Å². The largest absolute Gasteiger partial charge is 0.493 e. The van der Waals surface area contributed by atoms with Crippen LogP contribution in [-0.2, 0) is 27.2 Å². The molecule has 238 valence electrons. The van der Waals surface area contributed by atoms with Crippen molar-refractivity contribution in [2.75, 3.05) is 33.2 Å². The van der Waals surface area contributed by atoms with Crippen LogP contribution in [0.25, 0.3) is 11.1 Å². The average molecular weight is 618 g/mol. The molecule has 3 aromatic rings. The van der Waals surface area contributed by atoms with Gasteiger partial charge >= 0.3 is 5.97 Å². The van der Waals surface area contributed by atoms with Crippen LogP contribution < -0.4 is 35.6 Å². The molecule has 0 spiro atoms. The van der Waals surface area contributed by atoms with E-state index in [-0.39, 0.29) is 30.1 Å². The van der Waals surface area contributed by atoms with E-state index >= 15 is 0 Å². The second-order valence-corrected chi connectivity index (χ2v) is 10.8. The smallest absolute Gasteiger partial charge is 0.326 e. The third-order valence-corrected chi connectivity index (χ3v) is 7.73. The van der Waals surface area contributed by atoms with Crippen molar-refractivity contribution in [3.05, 3.63) is 81.5 Å². The van der Waals surface area contributed by atoms with Crippen molar-refractivity contribution in [1.29, 1.82) is 0 Å². The standard InChI is InChI=1S/C34H39N3O8/c1-20(38)36-25-14-12-22-18-29(43-2)32(44-3)33(45-4)31(22)23-13-15-26(28(39)19-24(23)25)35-16-8-11-30(40)37-27(34(41)42)17-21-9-6-5-7-10-21/h5-7,9-10,13,15,18-19,25,27H,8,11-12,14,16-17H2,1-4H3,(H,35,39)(H,36,38)(H,37,40)(H,41,42)/t25-,27-/m1/s1. The summed E-state index contributed by atoms with van der Waals surface area (Å²) in [6, 6.07) is 14.5. The van der Waals surface area contributed by atoms with Gasteiger partial charge in [0.05, 0.1) is 33.1 Å². The van der Waals surface area contributed by atoms with Crippen LogP contribution in [0.2, 0.25) is 0 Å². The summed E-state index contributed by atoms with van der Waals surface area (Å²) in [7, 11) is 4.62. The molecule has 0 heterocycles. The number of anilines is 1. The number of nitrogens with one attached hydrogen (secondary N) is 3. The van der Waals surface area contributed by atoms with Gasteiger partial charge in [-0.05, 0) is 59.7 Å². The Hall–Kier alpha value is -5.06. The van der Waals surface area contributed by atoms with Crippen LogP contribution in [0.15, 0.2) is 59.4 Å². The van der Waals surface area contributed by atoms with E-state index in [0.29, 0.717) is 59.9 Å². The summed E-state index contributed by atoms with van der Waals surface area (Å²) in [6.45, 7) is 1.74. The molecule has 2 atom stereocenters. The highest BCUT2D eigenvalue weighted by Gasteiger charge is 2.29. The minimum atomic E-state index is -1.11. The highest BCUT2D eigenvalue weighted by atomic mass is 16.5. The number of hydrogen-bond acceptors (Lipinski definition) is 8. The van der Waals surface area contributed by atoms with Gasteiger partial charge < -0.3 is 35.3 Å². The molecule has 0 radical (unpaired) electrons. The summed E-state index contributed by atoms with van der Waals surface area (Å²) < 4.78 is 17.0. The number of benzene rings is 2. The molecule has 0 fully saturated rings. The molecule has 11 nitrogen and oxygen atoms in total. The Kier molecular flexibility index (Phi) is 11.0. The van der Waals surface area contributed by atoms with Gasteiger partial charge in [-0.15, -0.1) is 0 Å². The number of amides is 2. The number of fused-ring (bicyclic) bond motifs is 3.